The van der Waals surface area contributed by atoms with Crippen LogP contribution in [-0.2, 0) is 14.8 Å². The molecule has 0 spiro atoms. The third-order valence-corrected chi connectivity index (χ3v) is 4.42. The van der Waals surface area contributed by atoms with Crippen LogP contribution in [0.3, 0.4) is 0 Å². The topological polar surface area (TPSA) is 87.3 Å². The van der Waals surface area contributed by atoms with Crippen molar-refractivity contribution >= 4 is 21.6 Å². The molecule has 7 heteroatoms. The number of hydrogen-bond acceptors (Lipinski definition) is 4. The van der Waals surface area contributed by atoms with E-state index in [2.05, 4.69) is 15.4 Å². The molecule has 118 valence electrons. The molecule has 21 heavy (non-hydrogen) atoms. The summed E-state index contributed by atoms with van der Waals surface area (Å²) in [6.07, 6.45) is 0.800. The van der Waals surface area contributed by atoms with Gasteiger partial charge in [-0.25, -0.2) is 8.42 Å². The molecule has 0 bridgehead atoms. The highest BCUT2D eigenvalue weighted by atomic mass is 32.2. The van der Waals surface area contributed by atoms with Crippen LogP contribution in [0, 0.1) is 0 Å². The average molecular weight is 313 g/mol. The minimum absolute atomic E-state index is 0.141. The zero-order valence-corrected chi connectivity index (χ0v) is 13.5. The van der Waals surface area contributed by atoms with E-state index in [9.17, 15) is 13.2 Å². The SMILES string of the molecule is CCCNC(=O)C(C)NS(=O)(=O)c1ccccc1NCC. The number of benzene rings is 1. The monoisotopic (exact) mass is 313 g/mol. The fourth-order valence-corrected chi connectivity index (χ4v) is 3.18. The van der Waals surface area contributed by atoms with E-state index in [1.807, 2.05) is 13.8 Å². The Morgan fingerprint density at radius 2 is 1.90 bits per heavy atom. The van der Waals surface area contributed by atoms with E-state index in [0.29, 0.717) is 18.8 Å². The molecule has 1 atom stereocenters. The van der Waals surface area contributed by atoms with Gasteiger partial charge < -0.3 is 10.6 Å². The van der Waals surface area contributed by atoms with Crippen molar-refractivity contribution in [2.75, 3.05) is 18.4 Å². The molecular formula is C14H23N3O3S. The predicted octanol–water partition coefficient (Wildman–Crippen LogP) is 1.31. The second-order valence-electron chi connectivity index (χ2n) is 4.66. The summed E-state index contributed by atoms with van der Waals surface area (Å²) in [5, 5.41) is 5.66. The molecule has 1 aromatic carbocycles. The van der Waals surface area contributed by atoms with Gasteiger partial charge in [0.1, 0.15) is 4.90 Å². The molecule has 0 aromatic heterocycles. The van der Waals surface area contributed by atoms with Gasteiger partial charge in [-0.15, -0.1) is 0 Å². The first kappa shape index (κ1) is 17.5. The van der Waals surface area contributed by atoms with Crippen LogP contribution < -0.4 is 15.4 Å². The Bertz CT molecular complexity index is 573. The van der Waals surface area contributed by atoms with Crippen LogP contribution >= 0.6 is 0 Å². The molecule has 6 nitrogen and oxygen atoms in total. The highest BCUT2D eigenvalue weighted by molar-refractivity contribution is 7.89. The van der Waals surface area contributed by atoms with E-state index >= 15 is 0 Å². The van der Waals surface area contributed by atoms with E-state index in [1.54, 1.807) is 18.2 Å². The van der Waals surface area contributed by atoms with Crippen LogP contribution in [-0.4, -0.2) is 33.5 Å². The van der Waals surface area contributed by atoms with Gasteiger partial charge in [-0.2, -0.15) is 4.72 Å². The molecule has 1 aromatic rings. The molecule has 0 aliphatic heterocycles. The Balaban J connectivity index is 2.89. The maximum Gasteiger partial charge on any atom is 0.243 e. The minimum atomic E-state index is -3.76. The molecular weight excluding hydrogens is 290 g/mol. The summed E-state index contributed by atoms with van der Waals surface area (Å²) < 4.78 is 27.2. The number of amides is 1. The van der Waals surface area contributed by atoms with Crippen molar-refractivity contribution in [1.82, 2.24) is 10.0 Å². The summed E-state index contributed by atoms with van der Waals surface area (Å²) in [5.74, 6) is -0.332. The van der Waals surface area contributed by atoms with Gasteiger partial charge >= 0.3 is 0 Å². The van der Waals surface area contributed by atoms with Gasteiger partial charge in [-0.05, 0) is 32.4 Å². The van der Waals surface area contributed by atoms with Crippen molar-refractivity contribution in [3.05, 3.63) is 24.3 Å². The third-order valence-electron chi connectivity index (χ3n) is 2.82. The van der Waals surface area contributed by atoms with Gasteiger partial charge in [0.15, 0.2) is 0 Å². The van der Waals surface area contributed by atoms with Crippen molar-refractivity contribution in [1.29, 1.82) is 0 Å². The number of rotatable bonds is 8. The highest BCUT2D eigenvalue weighted by Crippen LogP contribution is 2.20. The number of para-hydroxylation sites is 1. The van der Waals surface area contributed by atoms with Gasteiger partial charge in [0.2, 0.25) is 15.9 Å². The van der Waals surface area contributed by atoms with E-state index < -0.39 is 16.1 Å². The molecule has 0 radical (unpaired) electrons. The van der Waals surface area contributed by atoms with Crippen molar-refractivity contribution in [3.8, 4) is 0 Å². The molecule has 1 unspecified atom stereocenters. The van der Waals surface area contributed by atoms with E-state index in [4.69, 9.17) is 0 Å². The number of carbonyl (C=O) groups is 1. The zero-order valence-electron chi connectivity index (χ0n) is 12.6. The number of anilines is 1. The molecule has 1 rings (SSSR count). The fraction of sp³-hybridized carbons (Fsp3) is 0.500. The minimum Gasteiger partial charge on any atom is -0.384 e. The molecule has 3 N–H and O–H groups in total. The highest BCUT2D eigenvalue weighted by Gasteiger charge is 2.23. The first-order chi connectivity index (χ1) is 9.92. The zero-order chi connectivity index (χ0) is 15.9. The Hall–Kier alpha value is -1.60. The number of carbonyl (C=O) groups excluding carboxylic acids is 1. The van der Waals surface area contributed by atoms with Crippen molar-refractivity contribution < 1.29 is 13.2 Å². The van der Waals surface area contributed by atoms with Crippen LogP contribution in [0.5, 0.6) is 0 Å². The second kappa shape index (κ2) is 7.99. The molecule has 0 aliphatic carbocycles. The van der Waals surface area contributed by atoms with Crippen molar-refractivity contribution in [3.63, 3.8) is 0 Å². The smallest absolute Gasteiger partial charge is 0.243 e. The summed E-state index contributed by atoms with van der Waals surface area (Å²) >= 11 is 0. The largest absolute Gasteiger partial charge is 0.384 e. The van der Waals surface area contributed by atoms with E-state index in [-0.39, 0.29) is 10.8 Å². The molecule has 0 saturated heterocycles. The van der Waals surface area contributed by atoms with Gasteiger partial charge in [0.05, 0.1) is 11.7 Å². The van der Waals surface area contributed by atoms with Crippen molar-refractivity contribution in [2.24, 2.45) is 0 Å². The lowest BCUT2D eigenvalue weighted by atomic mass is 10.3. The lowest BCUT2D eigenvalue weighted by molar-refractivity contribution is -0.122. The van der Waals surface area contributed by atoms with Crippen LogP contribution in [0.1, 0.15) is 27.2 Å². The summed E-state index contributed by atoms with van der Waals surface area (Å²) in [5.41, 5.74) is 0.522. The van der Waals surface area contributed by atoms with E-state index in [0.717, 1.165) is 6.42 Å². The second-order valence-corrected chi connectivity index (χ2v) is 6.34. The van der Waals surface area contributed by atoms with Gasteiger partial charge in [-0.1, -0.05) is 19.1 Å². The lowest BCUT2D eigenvalue weighted by Crippen LogP contribution is -2.45. The maximum absolute atomic E-state index is 12.4. The normalized spacial score (nSPS) is 12.7. The predicted molar refractivity (Wildman–Crippen MR) is 83.7 cm³/mol. The molecule has 0 aliphatic rings. The Morgan fingerprint density at radius 3 is 2.52 bits per heavy atom. The first-order valence-electron chi connectivity index (χ1n) is 7.05. The van der Waals surface area contributed by atoms with Crippen molar-refractivity contribution in [2.45, 2.75) is 38.1 Å². The standard InChI is InChI=1S/C14H23N3O3S/c1-4-10-16-14(18)11(3)17-21(19,20)13-9-7-6-8-12(13)15-5-2/h6-9,11,15,17H,4-5,10H2,1-3H3,(H,16,18). The number of nitrogens with one attached hydrogen (secondary N) is 3. The number of hydrogen-bond donors (Lipinski definition) is 3. The van der Waals surface area contributed by atoms with Crippen LogP contribution in [0.2, 0.25) is 0 Å². The summed E-state index contributed by atoms with van der Waals surface area (Å²) in [7, 11) is -3.76. The molecule has 0 fully saturated rings. The Labute approximate surface area is 126 Å². The third kappa shape index (κ3) is 5.02. The quantitative estimate of drug-likeness (QED) is 0.675. The van der Waals surface area contributed by atoms with E-state index in [1.165, 1.54) is 13.0 Å². The summed E-state index contributed by atoms with van der Waals surface area (Å²) in [6, 6.07) is 5.79. The van der Waals surface area contributed by atoms with Crippen LogP contribution in [0.4, 0.5) is 5.69 Å². The lowest BCUT2D eigenvalue weighted by Gasteiger charge is -2.16. The summed E-state index contributed by atoms with van der Waals surface area (Å²) in [4.78, 5) is 11.9. The van der Waals surface area contributed by atoms with Crippen LogP contribution in [0.15, 0.2) is 29.2 Å². The molecule has 1 amide bonds. The number of sulfonamides is 1. The average Bonchev–Trinajstić information content (AvgIpc) is 2.45. The first-order valence-corrected chi connectivity index (χ1v) is 8.53. The van der Waals surface area contributed by atoms with Crippen LogP contribution in [0.25, 0.3) is 0 Å². The summed E-state index contributed by atoms with van der Waals surface area (Å²) in [6.45, 7) is 6.48. The van der Waals surface area contributed by atoms with Gasteiger partial charge in [0.25, 0.3) is 0 Å². The van der Waals surface area contributed by atoms with Gasteiger partial charge in [0, 0.05) is 13.1 Å². The Kier molecular flexibility index (Phi) is 6.64. The maximum atomic E-state index is 12.4. The molecule has 0 saturated carbocycles. The fourth-order valence-electron chi connectivity index (χ4n) is 1.79. The molecule has 0 heterocycles. The Morgan fingerprint density at radius 1 is 1.24 bits per heavy atom. The van der Waals surface area contributed by atoms with Gasteiger partial charge in [-0.3, -0.25) is 4.79 Å².